The maximum atomic E-state index is 14.6. The number of rotatable bonds is 20. The average Bonchev–Trinajstić information content (AvgIpc) is 3.65. The molecule has 14 nitrogen and oxygen atoms in total. The number of nitrogens with two attached hydrogens (primary N) is 1. The van der Waals surface area contributed by atoms with Gasteiger partial charge in [-0.25, -0.2) is 9.78 Å². The number of carbonyl (C=O) groups is 5. The van der Waals surface area contributed by atoms with E-state index >= 15 is 0 Å². The molecule has 2 heterocycles. The SMILES string of the molecule is CCCN(C(=O)[C@@H](NC(=O)[C@H]1CCCCN1C)[C@@H](C)CC)[C@H](C[C@@H](OC(=O)NC)c1nc(C(=O)N[C@@H](Cc2ccc(N)cc2)C[C@H](C)C(=O)O)cs1)C(C)C. The topological polar surface area (TPSA) is 196 Å². The van der Waals surface area contributed by atoms with Gasteiger partial charge in [0.15, 0.2) is 6.10 Å². The van der Waals surface area contributed by atoms with Crippen LogP contribution in [0.25, 0.3) is 0 Å². The summed E-state index contributed by atoms with van der Waals surface area (Å²) in [5, 5.41) is 20.2. The minimum atomic E-state index is -0.966. The summed E-state index contributed by atoms with van der Waals surface area (Å²) in [5.74, 6) is -2.68. The fourth-order valence-corrected chi connectivity index (χ4v) is 7.86. The van der Waals surface area contributed by atoms with Gasteiger partial charge in [0.2, 0.25) is 11.8 Å². The van der Waals surface area contributed by atoms with Gasteiger partial charge in [-0.15, -0.1) is 11.3 Å². The molecule has 4 amide bonds. The Labute approximate surface area is 330 Å². The van der Waals surface area contributed by atoms with Crippen LogP contribution in [0, 0.1) is 17.8 Å². The van der Waals surface area contributed by atoms with Crippen molar-refractivity contribution in [3.63, 3.8) is 0 Å². The Morgan fingerprint density at radius 1 is 1.05 bits per heavy atom. The molecule has 1 fully saturated rings. The fraction of sp³-hybridized carbons (Fsp3) is 0.650. The third-order valence-electron chi connectivity index (χ3n) is 10.6. The van der Waals surface area contributed by atoms with Crippen LogP contribution in [0.5, 0.6) is 0 Å². The number of nitrogens with one attached hydrogen (secondary N) is 3. The summed E-state index contributed by atoms with van der Waals surface area (Å²) in [7, 11) is 3.40. The van der Waals surface area contributed by atoms with Gasteiger partial charge < -0.3 is 36.4 Å². The Morgan fingerprint density at radius 3 is 2.33 bits per heavy atom. The Balaban J connectivity index is 1.90. The average molecular weight is 786 g/mol. The van der Waals surface area contributed by atoms with Crippen LogP contribution in [0.4, 0.5) is 10.5 Å². The largest absolute Gasteiger partial charge is 0.481 e. The summed E-state index contributed by atoms with van der Waals surface area (Å²) in [6.07, 6.45) is 3.29. The predicted octanol–water partition coefficient (Wildman–Crippen LogP) is 5.24. The molecule has 2 aromatic rings. The number of piperidine rings is 1. The number of benzene rings is 1. The third-order valence-corrected chi connectivity index (χ3v) is 11.5. The number of carboxylic acid groups (broad SMARTS) is 1. The van der Waals surface area contributed by atoms with Gasteiger partial charge in [0.05, 0.1) is 12.0 Å². The Bertz CT molecular complexity index is 1570. The molecule has 1 aliphatic heterocycles. The first-order valence-electron chi connectivity index (χ1n) is 19.6. The van der Waals surface area contributed by atoms with Crippen LogP contribution < -0.4 is 21.7 Å². The molecule has 3 rings (SSSR count). The number of nitrogens with zero attached hydrogens (tertiary/aromatic N) is 3. The molecular weight excluding hydrogens is 723 g/mol. The highest BCUT2D eigenvalue weighted by Gasteiger charge is 2.38. The van der Waals surface area contributed by atoms with Crippen LogP contribution in [-0.2, 0) is 25.5 Å². The molecule has 1 aliphatic rings. The van der Waals surface area contributed by atoms with Crippen molar-refractivity contribution in [2.75, 3.05) is 32.9 Å². The van der Waals surface area contributed by atoms with Crippen molar-refractivity contribution in [1.29, 1.82) is 0 Å². The Kier molecular flexibility index (Phi) is 17.9. The highest BCUT2D eigenvalue weighted by atomic mass is 32.1. The third kappa shape index (κ3) is 13.2. The molecule has 0 bridgehead atoms. The van der Waals surface area contributed by atoms with Crippen molar-refractivity contribution in [2.24, 2.45) is 17.8 Å². The van der Waals surface area contributed by atoms with E-state index in [1.165, 1.54) is 18.4 Å². The number of anilines is 1. The number of hydrogen-bond donors (Lipinski definition) is 5. The first-order valence-corrected chi connectivity index (χ1v) is 20.5. The van der Waals surface area contributed by atoms with Crippen molar-refractivity contribution < 1.29 is 33.8 Å². The van der Waals surface area contributed by atoms with Gasteiger partial charge in [0.25, 0.3) is 5.91 Å². The van der Waals surface area contributed by atoms with Crippen molar-refractivity contribution in [1.82, 2.24) is 30.7 Å². The van der Waals surface area contributed by atoms with Crippen molar-refractivity contribution in [2.45, 2.75) is 123 Å². The molecule has 1 aromatic carbocycles. The standard InChI is InChI=1S/C40H63N7O7S/c1-9-18-47(38(50)34(25(5)10-2)45-36(49)31-13-11-12-19-46(31)8)32(24(3)4)22-33(54-40(53)42-7)37-44-30(23-55-37)35(48)43-29(20-26(6)39(51)52)21-27-14-16-28(41)17-15-27/h14-17,23-26,29,31-34H,9-13,18-22,41H2,1-8H3,(H,42,53)(H,43,48)(H,45,49)(H,51,52)/t25-,26-,29+,31+,32+,33+,34-/m0/s1. The van der Waals surface area contributed by atoms with Crippen LogP contribution in [-0.4, -0.2) is 101 Å². The van der Waals surface area contributed by atoms with E-state index in [0.717, 1.165) is 31.4 Å². The monoisotopic (exact) mass is 785 g/mol. The van der Waals surface area contributed by atoms with E-state index in [0.29, 0.717) is 36.5 Å². The van der Waals surface area contributed by atoms with Gasteiger partial charge in [-0.1, -0.05) is 66.5 Å². The molecule has 0 aliphatic carbocycles. The van der Waals surface area contributed by atoms with E-state index < -0.39 is 48.1 Å². The fourth-order valence-electron chi connectivity index (χ4n) is 7.02. The number of alkyl carbamates (subject to hydrolysis) is 1. The molecule has 55 heavy (non-hydrogen) atoms. The summed E-state index contributed by atoms with van der Waals surface area (Å²) in [6.45, 7) is 12.8. The molecule has 1 saturated heterocycles. The van der Waals surface area contributed by atoms with Crippen molar-refractivity contribution >= 4 is 46.8 Å². The van der Waals surface area contributed by atoms with Crippen molar-refractivity contribution in [3.05, 3.63) is 45.9 Å². The van der Waals surface area contributed by atoms with Crippen LogP contribution in [0.15, 0.2) is 29.6 Å². The van der Waals surface area contributed by atoms with E-state index in [9.17, 15) is 29.1 Å². The Morgan fingerprint density at radius 2 is 1.75 bits per heavy atom. The first-order chi connectivity index (χ1) is 26.1. The number of likely N-dealkylation sites (tertiary alicyclic amines) is 1. The number of carbonyl (C=O) groups excluding carboxylic acids is 4. The lowest BCUT2D eigenvalue weighted by Crippen LogP contribution is -2.58. The minimum absolute atomic E-state index is 0.0721. The van der Waals surface area contributed by atoms with E-state index in [1.807, 2.05) is 58.7 Å². The zero-order valence-electron chi connectivity index (χ0n) is 33.8. The second-order valence-corrected chi connectivity index (χ2v) is 16.1. The lowest BCUT2D eigenvalue weighted by Gasteiger charge is -2.40. The number of aliphatic carboxylic acids is 1. The quantitative estimate of drug-likeness (QED) is 0.111. The molecule has 1 aromatic heterocycles. The molecular formula is C40H63N7O7S. The van der Waals surface area contributed by atoms with E-state index in [4.69, 9.17) is 10.5 Å². The number of nitrogen functional groups attached to an aromatic ring is 1. The maximum absolute atomic E-state index is 14.6. The zero-order chi connectivity index (χ0) is 40.8. The van der Waals surface area contributed by atoms with Crippen LogP contribution >= 0.6 is 11.3 Å². The van der Waals surface area contributed by atoms with Gasteiger partial charge in [-0.2, -0.15) is 0 Å². The highest BCUT2D eigenvalue weighted by molar-refractivity contribution is 7.09. The Hall–Kier alpha value is -4.24. The molecule has 0 radical (unpaired) electrons. The molecule has 15 heteroatoms. The van der Waals surface area contributed by atoms with Crippen LogP contribution in [0.3, 0.4) is 0 Å². The number of amides is 4. The molecule has 7 atom stereocenters. The lowest BCUT2D eigenvalue weighted by atomic mass is 9.92. The van der Waals surface area contributed by atoms with Gasteiger partial charge in [0, 0.05) is 43.2 Å². The molecule has 0 saturated carbocycles. The van der Waals surface area contributed by atoms with E-state index in [1.54, 1.807) is 24.4 Å². The second kappa shape index (κ2) is 21.7. The van der Waals surface area contributed by atoms with Crippen molar-refractivity contribution in [3.8, 4) is 0 Å². The second-order valence-electron chi connectivity index (χ2n) is 15.2. The summed E-state index contributed by atoms with van der Waals surface area (Å²) >= 11 is 1.17. The number of thiazole rings is 1. The number of likely N-dealkylation sites (N-methyl/N-ethyl adjacent to an activating group) is 1. The smallest absolute Gasteiger partial charge is 0.407 e. The van der Waals surface area contributed by atoms with Gasteiger partial charge in [0.1, 0.15) is 16.7 Å². The minimum Gasteiger partial charge on any atom is -0.481 e. The lowest BCUT2D eigenvalue weighted by molar-refractivity contribution is -0.143. The highest BCUT2D eigenvalue weighted by Crippen LogP contribution is 2.32. The van der Waals surface area contributed by atoms with Gasteiger partial charge in [-0.3, -0.25) is 24.1 Å². The van der Waals surface area contributed by atoms with Crippen LogP contribution in [0.1, 0.15) is 114 Å². The summed E-state index contributed by atoms with van der Waals surface area (Å²) < 4.78 is 5.88. The molecule has 0 spiro atoms. The first kappa shape index (κ1) is 45.2. The normalized spacial score (nSPS) is 17.9. The number of ether oxygens (including phenoxy) is 1. The summed E-state index contributed by atoms with van der Waals surface area (Å²) in [6, 6.07) is 5.24. The van der Waals surface area contributed by atoms with Gasteiger partial charge >= 0.3 is 12.1 Å². The molecule has 6 N–H and O–H groups in total. The summed E-state index contributed by atoms with van der Waals surface area (Å²) in [5.41, 5.74) is 7.43. The van der Waals surface area contributed by atoms with E-state index in [-0.39, 0.29) is 48.2 Å². The van der Waals surface area contributed by atoms with Crippen LogP contribution in [0.2, 0.25) is 0 Å². The van der Waals surface area contributed by atoms with E-state index in [2.05, 4.69) is 25.8 Å². The zero-order valence-corrected chi connectivity index (χ0v) is 34.6. The van der Waals surface area contributed by atoms with Gasteiger partial charge in [-0.05, 0) is 75.2 Å². The number of aromatic nitrogens is 1. The maximum Gasteiger partial charge on any atom is 0.407 e. The number of hydrogen-bond acceptors (Lipinski definition) is 10. The molecule has 0 unspecified atom stereocenters. The molecule has 306 valence electrons. The number of carboxylic acids is 1. The predicted molar refractivity (Wildman–Crippen MR) is 215 cm³/mol. The summed E-state index contributed by atoms with van der Waals surface area (Å²) in [4.78, 5) is 74.8.